The lowest BCUT2D eigenvalue weighted by Gasteiger charge is -2.28. The number of hydrogen-bond acceptors (Lipinski definition) is 2. The van der Waals surface area contributed by atoms with E-state index in [-0.39, 0.29) is 5.82 Å². The Balaban J connectivity index is 1.66. The zero-order valence-corrected chi connectivity index (χ0v) is 16.9. The number of aromatic nitrogens is 2. The van der Waals surface area contributed by atoms with E-state index < -0.39 is 12.3 Å². The molecule has 0 fully saturated rings. The maximum Gasteiger partial charge on any atom is 0.143 e. The number of alkyl halides is 1. The average molecular weight is 414 g/mol. The fourth-order valence-corrected chi connectivity index (χ4v) is 4.19. The SMILES string of the molecule is Cc1ccc(C(O)(CF)c2ccc3c(cnn3-c3ccc(F)cc3)c2)c2ccccc12. The van der Waals surface area contributed by atoms with Gasteiger partial charge in [0.15, 0.2) is 0 Å². The van der Waals surface area contributed by atoms with Crippen LogP contribution in [0.1, 0.15) is 16.7 Å². The van der Waals surface area contributed by atoms with E-state index in [0.717, 1.165) is 32.9 Å². The van der Waals surface area contributed by atoms with Gasteiger partial charge in [0.1, 0.15) is 18.1 Å². The van der Waals surface area contributed by atoms with Crippen LogP contribution >= 0.6 is 0 Å². The minimum atomic E-state index is -1.79. The first kappa shape index (κ1) is 19.4. The van der Waals surface area contributed by atoms with Crippen LogP contribution < -0.4 is 0 Å². The summed E-state index contributed by atoms with van der Waals surface area (Å²) in [6.45, 7) is 1.04. The highest BCUT2D eigenvalue weighted by Crippen LogP contribution is 2.37. The van der Waals surface area contributed by atoms with Crippen LogP contribution in [-0.2, 0) is 5.60 Å². The highest BCUT2D eigenvalue weighted by Gasteiger charge is 2.34. The van der Waals surface area contributed by atoms with Crippen LogP contribution in [0.15, 0.2) is 85.1 Å². The molecule has 1 N–H and O–H groups in total. The molecule has 0 saturated heterocycles. The summed E-state index contributed by atoms with van der Waals surface area (Å²) < 4.78 is 29.4. The number of rotatable bonds is 4. The number of benzene rings is 4. The van der Waals surface area contributed by atoms with E-state index in [4.69, 9.17) is 0 Å². The van der Waals surface area contributed by atoms with Gasteiger partial charge in [0.2, 0.25) is 0 Å². The molecule has 1 aromatic heterocycles. The zero-order chi connectivity index (χ0) is 21.6. The predicted molar refractivity (Wildman–Crippen MR) is 119 cm³/mol. The number of aryl methyl sites for hydroxylation is 1. The van der Waals surface area contributed by atoms with Crippen LogP contribution in [-0.4, -0.2) is 21.6 Å². The lowest BCUT2D eigenvalue weighted by atomic mass is 9.83. The van der Waals surface area contributed by atoms with Crippen molar-refractivity contribution in [3.63, 3.8) is 0 Å². The molecule has 0 aliphatic heterocycles. The molecule has 1 heterocycles. The Morgan fingerprint density at radius 2 is 1.68 bits per heavy atom. The van der Waals surface area contributed by atoms with Crippen molar-refractivity contribution < 1.29 is 13.9 Å². The van der Waals surface area contributed by atoms with Gasteiger partial charge in [-0.2, -0.15) is 5.10 Å². The van der Waals surface area contributed by atoms with E-state index in [0.29, 0.717) is 11.1 Å². The van der Waals surface area contributed by atoms with Gasteiger partial charge in [-0.1, -0.05) is 42.5 Å². The molecular formula is C26H20F2N2O. The van der Waals surface area contributed by atoms with Crippen LogP contribution in [0.4, 0.5) is 8.78 Å². The largest absolute Gasteiger partial charge is 0.378 e. The van der Waals surface area contributed by atoms with Crippen LogP contribution in [0, 0.1) is 12.7 Å². The molecule has 0 saturated carbocycles. The molecule has 0 amide bonds. The van der Waals surface area contributed by atoms with Crippen molar-refractivity contribution in [2.45, 2.75) is 12.5 Å². The fraction of sp³-hybridized carbons (Fsp3) is 0.115. The van der Waals surface area contributed by atoms with Crippen LogP contribution in [0.2, 0.25) is 0 Å². The Morgan fingerprint density at radius 3 is 2.42 bits per heavy atom. The molecule has 154 valence electrons. The first-order valence-corrected chi connectivity index (χ1v) is 10.0. The molecule has 5 aromatic rings. The van der Waals surface area contributed by atoms with Gasteiger partial charge in [-0.15, -0.1) is 0 Å². The van der Waals surface area contributed by atoms with Gasteiger partial charge in [-0.25, -0.2) is 13.5 Å². The second kappa shape index (κ2) is 7.29. The number of fused-ring (bicyclic) bond motifs is 2. The van der Waals surface area contributed by atoms with Crippen molar-refractivity contribution >= 4 is 21.7 Å². The van der Waals surface area contributed by atoms with Crippen molar-refractivity contribution in [2.75, 3.05) is 6.67 Å². The van der Waals surface area contributed by atoms with Gasteiger partial charge >= 0.3 is 0 Å². The van der Waals surface area contributed by atoms with E-state index in [1.807, 2.05) is 37.3 Å². The van der Waals surface area contributed by atoms with Gasteiger partial charge in [0.05, 0.1) is 17.4 Å². The van der Waals surface area contributed by atoms with Gasteiger partial charge < -0.3 is 5.11 Å². The van der Waals surface area contributed by atoms with Gasteiger partial charge in [-0.05, 0) is 70.8 Å². The summed E-state index contributed by atoms with van der Waals surface area (Å²) in [5.74, 6) is -0.319. The third kappa shape index (κ3) is 3.09. The normalized spacial score (nSPS) is 13.5. The average Bonchev–Trinajstić information content (AvgIpc) is 3.23. The predicted octanol–water partition coefficient (Wildman–Crippen LogP) is 5.83. The molecule has 0 aliphatic carbocycles. The Hall–Kier alpha value is -3.57. The van der Waals surface area contributed by atoms with E-state index >= 15 is 0 Å². The topological polar surface area (TPSA) is 38.1 Å². The minimum absolute atomic E-state index is 0.319. The lowest BCUT2D eigenvalue weighted by molar-refractivity contribution is 0.0533. The Morgan fingerprint density at radius 1 is 0.935 bits per heavy atom. The highest BCUT2D eigenvalue weighted by atomic mass is 19.1. The zero-order valence-electron chi connectivity index (χ0n) is 16.9. The standard InChI is InChI=1S/C26H20F2N2O/c1-17-6-12-24(23-5-3-2-4-22(17)23)26(31,16-27)19-7-13-25-18(14-19)15-29-30(25)21-10-8-20(28)9-11-21/h2-15,31H,16H2,1H3. The summed E-state index contributed by atoms with van der Waals surface area (Å²) in [6, 6.07) is 22.7. The second-order valence-electron chi connectivity index (χ2n) is 7.78. The first-order valence-electron chi connectivity index (χ1n) is 10.0. The molecule has 5 heteroatoms. The summed E-state index contributed by atoms with van der Waals surface area (Å²) in [5, 5.41) is 18.5. The monoisotopic (exact) mass is 414 g/mol. The number of aliphatic hydroxyl groups is 1. The van der Waals surface area contributed by atoms with Crippen molar-refractivity contribution in [1.82, 2.24) is 9.78 Å². The quantitative estimate of drug-likeness (QED) is 0.402. The summed E-state index contributed by atoms with van der Waals surface area (Å²) in [5.41, 5.74) is 1.76. The van der Waals surface area contributed by atoms with Crippen molar-refractivity contribution in [1.29, 1.82) is 0 Å². The molecule has 5 rings (SSSR count). The Bertz CT molecular complexity index is 1410. The summed E-state index contributed by atoms with van der Waals surface area (Å²) in [7, 11) is 0. The van der Waals surface area contributed by atoms with E-state index in [1.165, 1.54) is 12.1 Å². The third-order valence-electron chi connectivity index (χ3n) is 5.90. The number of halogens is 2. The lowest BCUT2D eigenvalue weighted by Crippen LogP contribution is -2.30. The number of hydrogen-bond donors (Lipinski definition) is 1. The van der Waals surface area contributed by atoms with E-state index in [9.17, 15) is 13.9 Å². The molecular weight excluding hydrogens is 394 g/mol. The van der Waals surface area contributed by atoms with Crippen LogP contribution in [0.25, 0.3) is 27.4 Å². The smallest absolute Gasteiger partial charge is 0.143 e. The summed E-state index contributed by atoms with van der Waals surface area (Å²) in [4.78, 5) is 0. The van der Waals surface area contributed by atoms with Gasteiger partial charge in [-0.3, -0.25) is 0 Å². The van der Waals surface area contributed by atoms with Gasteiger partial charge in [0, 0.05) is 5.39 Å². The molecule has 4 aromatic carbocycles. The van der Waals surface area contributed by atoms with Gasteiger partial charge in [0.25, 0.3) is 0 Å². The molecule has 0 aliphatic rings. The Labute approximate surface area is 178 Å². The van der Waals surface area contributed by atoms with E-state index in [2.05, 4.69) is 5.10 Å². The van der Waals surface area contributed by atoms with Crippen LogP contribution in [0.5, 0.6) is 0 Å². The molecule has 3 nitrogen and oxygen atoms in total. The molecule has 0 radical (unpaired) electrons. The summed E-state index contributed by atoms with van der Waals surface area (Å²) >= 11 is 0. The van der Waals surface area contributed by atoms with E-state index in [1.54, 1.807) is 47.3 Å². The molecule has 31 heavy (non-hydrogen) atoms. The first-order chi connectivity index (χ1) is 15.0. The maximum absolute atomic E-state index is 14.4. The van der Waals surface area contributed by atoms with Crippen LogP contribution in [0.3, 0.4) is 0 Å². The number of nitrogens with zero attached hydrogens (tertiary/aromatic N) is 2. The second-order valence-corrected chi connectivity index (χ2v) is 7.78. The highest BCUT2D eigenvalue weighted by molar-refractivity contribution is 5.90. The van der Waals surface area contributed by atoms with Crippen molar-refractivity contribution in [3.8, 4) is 5.69 Å². The summed E-state index contributed by atoms with van der Waals surface area (Å²) in [6.07, 6.45) is 1.66. The molecule has 0 bridgehead atoms. The maximum atomic E-state index is 14.4. The molecule has 1 unspecified atom stereocenters. The van der Waals surface area contributed by atoms with Crippen molar-refractivity contribution in [2.24, 2.45) is 0 Å². The molecule has 0 spiro atoms. The molecule has 1 atom stereocenters. The minimum Gasteiger partial charge on any atom is -0.378 e. The van der Waals surface area contributed by atoms with Crippen molar-refractivity contribution in [3.05, 3.63) is 108 Å². The third-order valence-corrected chi connectivity index (χ3v) is 5.90. The Kier molecular flexibility index (Phi) is 4.56. The fourth-order valence-electron chi connectivity index (χ4n) is 4.19.